The van der Waals surface area contributed by atoms with Crippen molar-refractivity contribution in [2.24, 2.45) is 5.73 Å². The predicted octanol–water partition coefficient (Wildman–Crippen LogP) is 1.20. The number of hydrogen-bond acceptors (Lipinski definition) is 2. The third-order valence-corrected chi connectivity index (χ3v) is 2.89. The SMILES string of the molecule is C=C(CN)CN1CCc2ccccc2C1=O. The lowest BCUT2D eigenvalue weighted by atomic mass is 9.99. The van der Waals surface area contributed by atoms with E-state index in [-0.39, 0.29) is 5.91 Å². The first-order valence-electron chi connectivity index (χ1n) is 5.46. The number of nitrogens with two attached hydrogens (primary N) is 1. The van der Waals surface area contributed by atoms with Crippen molar-refractivity contribution in [2.75, 3.05) is 19.6 Å². The van der Waals surface area contributed by atoms with Gasteiger partial charge in [-0.2, -0.15) is 0 Å². The van der Waals surface area contributed by atoms with Crippen molar-refractivity contribution >= 4 is 5.91 Å². The van der Waals surface area contributed by atoms with Crippen molar-refractivity contribution in [3.63, 3.8) is 0 Å². The second-order valence-corrected chi connectivity index (χ2v) is 4.09. The van der Waals surface area contributed by atoms with Gasteiger partial charge < -0.3 is 10.6 Å². The molecule has 84 valence electrons. The highest BCUT2D eigenvalue weighted by Gasteiger charge is 2.23. The smallest absolute Gasteiger partial charge is 0.254 e. The average Bonchev–Trinajstić information content (AvgIpc) is 2.33. The van der Waals surface area contributed by atoms with E-state index >= 15 is 0 Å². The van der Waals surface area contributed by atoms with Crippen LogP contribution in [0.1, 0.15) is 15.9 Å². The van der Waals surface area contributed by atoms with E-state index in [0.29, 0.717) is 13.1 Å². The van der Waals surface area contributed by atoms with Crippen LogP contribution in [-0.4, -0.2) is 30.4 Å². The molecule has 0 saturated heterocycles. The molecule has 3 heteroatoms. The second-order valence-electron chi connectivity index (χ2n) is 4.09. The molecule has 0 fully saturated rings. The third-order valence-electron chi connectivity index (χ3n) is 2.89. The quantitative estimate of drug-likeness (QED) is 0.772. The molecule has 0 unspecified atom stereocenters. The highest BCUT2D eigenvalue weighted by Crippen LogP contribution is 2.18. The number of fused-ring (bicyclic) bond motifs is 1. The molecule has 2 rings (SSSR count). The second kappa shape index (κ2) is 4.49. The summed E-state index contributed by atoms with van der Waals surface area (Å²) in [7, 11) is 0. The topological polar surface area (TPSA) is 46.3 Å². The normalized spacial score (nSPS) is 14.8. The molecule has 1 aliphatic heterocycles. The van der Waals surface area contributed by atoms with Crippen LogP contribution < -0.4 is 5.73 Å². The number of hydrogen-bond donors (Lipinski definition) is 1. The summed E-state index contributed by atoms with van der Waals surface area (Å²) in [4.78, 5) is 13.9. The van der Waals surface area contributed by atoms with Gasteiger partial charge in [0.1, 0.15) is 0 Å². The molecule has 1 heterocycles. The minimum Gasteiger partial charge on any atom is -0.334 e. The van der Waals surface area contributed by atoms with Crippen LogP contribution in [0.25, 0.3) is 0 Å². The van der Waals surface area contributed by atoms with Crippen molar-refractivity contribution in [1.82, 2.24) is 4.90 Å². The standard InChI is InChI=1S/C13H16N2O/c1-10(8-14)9-15-7-6-11-4-2-3-5-12(11)13(15)16/h2-5H,1,6-9,14H2. The van der Waals surface area contributed by atoms with Crippen molar-refractivity contribution in [3.05, 3.63) is 47.5 Å². The van der Waals surface area contributed by atoms with Crippen LogP contribution in [0, 0.1) is 0 Å². The first-order chi connectivity index (χ1) is 7.72. The Bertz CT molecular complexity index is 426. The Hall–Kier alpha value is -1.61. The molecule has 1 aromatic rings. The van der Waals surface area contributed by atoms with Crippen molar-refractivity contribution in [1.29, 1.82) is 0 Å². The van der Waals surface area contributed by atoms with E-state index in [0.717, 1.165) is 29.7 Å². The van der Waals surface area contributed by atoms with Crippen LogP contribution in [0.5, 0.6) is 0 Å². The van der Waals surface area contributed by atoms with Gasteiger partial charge in [0.15, 0.2) is 0 Å². The van der Waals surface area contributed by atoms with Crippen LogP contribution in [-0.2, 0) is 6.42 Å². The van der Waals surface area contributed by atoms with Gasteiger partial charge in [-0.3, -0.25) is 4.79 Å². The van der Waals surface area contributed by atoms with Gasteiger partial charge in [0.05, 0.1) is 0 Å². The minimum atomic E-state index is 0.0939. The molecule has 0 aromatic heterocycles. The fourth-order valence-corrected chi connectivity index (χ4v) is 1.96. The van der Waals surface area contributed by atoms with E-state index in [2.05, 4.69) is 6.58 Å². The Labute approximate surface area is 95.6 Å². The van der Waals surface area contributed by atoms with Gasteiger partial charge in [0.2, 0.25) is 0 Å². The van der Waals surface area contributed by atoms with Gasteiger partial charge in [-0.25, -0.2) is 0 Å². The Kier molecular flexibility index (Phi) is 3.06. The fourth-order valence-electron chi connectivity index (χ4n) is 1.96. The summed E-state index contributed by atoms with van der Waals surface area (Å²) in [5.74, 6) is 0.0939. The van der Waals surface area contributed by atoms with E-state index in [1.165, 1.54) is 0 Å². The Balaban J connectivity index is 2.18. The minimum absolute atomic E-state index is 0.0939. The molecule has 2 N–H and O–H groups in total. The summed E-state index contributed by atoms with van der Waals surface area (Å²) in [6.07, 6.45) is 0.916. The molecule has 3 nitrogen and oxygen atoms in total. The fraction of sp³-hybridized carbons (Fsp3) is 0.308. The molecular formula is C13H16N2O. The molecule has 0 atom stereocenters. The molecule has 1 amide bonds. The molecule has 0 spiro atoms. The molecule has 0 aliphatic carbocycles. The zero-order valence-corrected chi connectivity index (χ0v) is 9.28. The maximum absolute atomic E-state index is 12.1. The molecule has 0 saturated carbocycles. The van der Waals surface area contributed by atoms with Crippen LogP contribution in [0.15, 0.2) is 36.4 Å². The Morgan fingerprint density at radius 3 is 2.94 bits per heavy atom. The van der Waals surface area contributed by atoms with Gasteiger partial charge in [-0.1, -0.05) is 24.8 Å². The van der Waals surface area contributed by atoms with Gasteiger partial charge >= 0.3 is 0 Å². The van der Waals surface area contributed by atoms with Gasteiger partial charge in [0, 0.05) is 25.2 Å². The molecule has 1 aromatic carbocycles. The van der Waals surface area contributed by atoms with Crippen LogP contribution in [0.2, 0.25) is 0 Å². The monoisotopic (exact) mass is 216 g/mol. The molecule has 16 heavy (non-hydrogen) atoms. The van der Waals surface area contributed by atoms with Crippen LogP contribution >= 0.6 is 0 Å². The maximum Gasteiger partial charge on any atom is 0.254 e. The van der Waals surface area contributed by atoms with E-state index in [1.807, 2.05) is 29.2 Å². The Morgan fingerprint density at radius 2 is 2.19 bits per heavy atom. The summed E-state index contributed by atoms with van der Waals surface area (Å²) in [6, 6.07) is 7.77. The zero-order valence-electron chi connectivity index (χ0n) is 9.28. The Morgan fingerprint density at radius 1 is 1.44 bits per heavy atom. The first-order valence-corrected chi connectivity index (χ1v) is 5.46. The average molecular weight is 216 g/mol. The van der Waals surface area contributed by atoms with E-state index in [9.17, 15) is 4.79 Å². The van der Waals surface area contributed by atoms with E-state index < -0.39 is 0 Å². The summed E-state index contributed by atoms with van der Waals surface area (Å²) < 4.78 is 0. The molecule has 1 aliphatic rings. The van der Waals surface area contributed by atoms with Gasteiger partial charge in [-0.15, -0.1) is 0 Å². The largest absolute Gasteiger partial charge is 0.334 e. The number of rotatable bonds is 3. The number of carbonyl (C=O) groups is 1. The number of amides is 1. The predicted molar refractivity (Wildman–Crippen MR) is 64.2 cm³/mol. The maximum atomic E-state index is 12.1. The summed E-state index contributed by atoms with van der Waals surface area (Å²) in [5.41, 5.74) is 8.35. The number of nitrogens with zero attached hydrogens (tertiary/aromatic N) is 1. The van der Waals surface area contributed by atoms with Crippen molar-refractivity contribution in [2.45, 2.75) is 6.42 Å². The van der Waals surface area contributed by atoms with Crippen molar-refractivity contribution in [3.8, 4) is 0 Å². The summed E-state index contributed by atoms with van der Waals surface area (Å²) >= 11 is 0. The number of carbonyl (C=O) groups excluding carboxylic acids is 1. The summed E-state index contributed by atoms with van der Waals surface area (Å²) in [6.45, 7) is 5.61. The third kappa shape index (κ3) is 1.99. The first kappa shape index (κ1) is 10.9. The molecule has 0 radical (unpaired) electrons. The highest BCUT2D eigenvalue weighted by atomic mass is 16.2. The van der Waals surface area contributed by atoms with Crippen LogP contribution in [0.3, 0.4) is 0 Å². The van der Waals surface area contributed by atoms with Gasteiger partial charge in [-0.05, 0) is 23.6 Å². The lowest BCUT2D eigenvalue weighted by molar-refractivity contribution is 0.0754. The van der Waals surface area contributed by atoms with E-state index in [4.69, 9.17) is 5.73 Å². The summed E-state index contributed by atoms with van der Waals surface area (Å²) in [5, 5.41) is 0. The van der Waals surface area contributed by atoms with Gasteiger partial charge in [0.25, 0.3) is 5.91 Å². The molecular weight excluding hydrogens is 200 g/mol. The highest BCUT2D eigenvalue weighted by molar-refractivity contribution is 5.96. The molecule has 0 bridgehead atoms. The zero-order chi connectivity index (χ0) is 11.5. The lowest BCUT2D eigenvalue weighted by Crippen LogP contribution is -2.39. The van der Waals surface area contributed by atoms with Crippen LogP contribution in [0.4, 0.5) is 0 Å². The van der Waals surface area contributed by atoms with E-state index in [1.54, 1.807) is 0 Å². The van der Waals surface area contributed by atoms with Crippen molar-refractivity contribution < 1.29 is 4.79 Å². The number of benzene rings is 1. The lowest BCUT2D eigenvalue weighted by Gasteiger charge is -2.29.